The number of carbonyl (C=O) groups is 2. The standard InChI is InChI=1S/C25H31N3O2/c1-20-9-8-14-28(19-20)25(30)24(29)27-17-15-26(16-18-27)23(21-10-4-2-5-11-21)22-12-6-3-7-13-22/h2-7,10-13,20,23H,8-9,14-19H2,1H3. The molecule has 2 aromatic rings. The molecule has 2 aliphatic heterocycles. The van der Waals surface area contributed by atoms with Gasteiger partial charge in [-0.1, -0.05) is 67.6 Å². The van der Waals surface area contributed by atoms with Crippen LogP contribution in [-0.4, -0.2) is 65.8 Å². The average Bonchev–Trinajstić information content (AvgIpc) is 2.80. The van der Waals surface area contributed by atoms with Gasteiger partial charge in [0.2, 0.25) is 0 Å². The first kappa shape index (κ1) is 20.6. The number of benzene rings is 2. The summed E-state index contributed by atoms with van der Waals surface area (Å²) in [6.07, 6.45) is 2.13. The van der Waals surface area contributed by atoms with Crippen LogP contribution in [0.15, 0.2) is 60.7 Å². The zero-order valence-corrected chi connectivity index (χ0v) is 17.7. The monoisotopic (exact) mass is 405 g/mol. The smallest absolute Gasteiger partial charge is 0.312 e. The molecule has 0 spiro atoms. The quantitative estimate of drug-likeness (QED) is 0.737. The average molecular weight is 406 g/mol. The van der Waals surface area contributed by atoms with Gasteiger partial charge in [0.1, 0.15) is 0 Å². The van der Waals surface area contributed by atoms with Crippen molar-refractivity contribution in [3.8, 4) is 0 Å². The normalized spacial score (nSPS) is 20.4. The Morgan fingerprint density at radius 2 is 1.30 bits per heavy atom. The fourth-order valence-corrected chi connectivity index (χ4v) is 4.71. The van der Waals surface area contributed by atoms with Gasteiger partial charge in [0.15, 0.2) is 0 Å². The first-order chi connectivity index (χ1) is 14.6. The number of likely N-dealkylation sites (tertiary alicyclic amines) is 1. The predicted molar refractivity (Wildman–Crippen MR) is 118 cm³/mol. The van der Waals surface area contributed by atoms with E-state index in [9.17, 15) is 9.59 Å². The number of hydrogen-bond donors (Lipinski definition) is 0. The number of carbonyl (C=O) groups excluding carboxylic acids is 2. The first-order valence-electron chi connectivity index (χ1n) is 11.1. The molecule has 5 heteroatoms. The highest BCUT2D eigenvalue weighted by Gasteiger charge is 2.33. The van der Waals surface area contributed by atoms with Gasteiger partial charge >= 0.3 is 11.8 Å². The molecule has 0 radical (unpaired) electrons. The van der Waals surface area contributed by atoms with Crippen molar-refractivity contribution in [1.82, 2.24) is 14.7 Å². The van der Waals surface area contributed by atoms with Gasteiger partial charge in [-0.3, -0.25) is 14.5 Å². The maximum atomic E-state index is 12.8. The van der Waals surface area contributed by atoms with E-state index in [-0.39, 0.29) is 17.9 Å². The van der Waals surface area contributed by atoms with Crippen LogP contribution in [0.2, 0.25) is 0 Å². The Labute approximate surface area is 179 Å². The fourth-order valence-electron chi connectivity index (χ4n) is 4.71. The topological polar surface area (TPSA) is 43.9 Å². The first-order valence-corrected chi connectivity index (χ1v) is 11.1. The third-order valence-electron chi connectivity index (χ3n) is 6.32. The maximum Gasteiger partial charge on any atom is 0.312 e. The second-order valence-corrected chi connectivity index (χ2v) is 8.55. The molecule has 0 bridgehead atoms. The molecular weight excluding hydrogens is 374 g/mol. The zero-order valence-electron chi connectivity index (χ0n) is 17.7. The van der Waals surface area contributed by atoms with Crippen molar-refractivity contribution in [2.45, 2.75) is 25.8 Å². The summed E-state index contributed by atoms with van der Waals surface area (Å²) in [5, 5.41) is 0. The minimum atomic E-state index is -0.334. The third-order valence-corrected chi connectivity index (χ3v) is 6.32. The lowest BCUT2D eigenvalue weighted by Gasteiger charge is -2.40. The van der Waals surface area contributed by atoms with Crippen LogP contribution in [-0.2, 0) is 9.59 Å². The third kappa shape index (κ3) is 4.57. The highest BCUT2D eigenvalue weighted by atomic mass is 16.2. The molecule has 30 heavy (non-hydrogen) atoms. The summed E-state index contributed by atoms with van der Waals surface area (Å²) >= 11 is 0. The van der Waals surface area contributed by atoms with E-state index in [1.807, 2.05) is 12.1 Å². The Morgan fingerprint density at radius 1 is 0.767 bits per heavy atom. The summed E-state index contributed by atoms with van der Waals surface area (Å²) in [6, 6.07) is 21.2. The Bertz CT molecular complexity index is 808. The fraction of sp³-hybridized carbons (Fsp3) is 0.440. The molecule has 1 unspecified atom stereocenters. The van der Waals surface area contributed by atoms with Crippen molar-refractivity contribution < 1.29 is 9.59 Å². The SMILES string of the molecule is CC1CCCN(C(=O)C(=O)N2CCN(C(c3ccccc3)c3ccccc3)CC2)C1. The van der Waals surface area contributed by atoms with Crippen molar-refractivity contribution in [2.75, 3.05) is 39.3 Å². The lowest BCUT2D eigenvalue weighted by Crippen LogP contribution is -2.54. The van der Waals surface area contributed by atoms with Crippen LogP contribution in [0.4, 0.5) is 0 Å². The van der Waals surface area contributed by atoms with Crippen molar-refractivity contribution in [2.24, 2.45) is 5.92 Å². The Kier molecular flexibility index (Phi) is 6.48. The minimum absolute atomic E-state index is 0.156. The highest BCUT2D eigenvalue weighted by Crippen LogP contribution is 2.29. The molecule has 1 atom stereocenters. The zero-order chi connectivity index (χ0) is 20.9. The molecule has 158 valence electrons. The van der Waals surface area contributed by atoms with Gasteiger partial charge in [0.05, 0.1) is 6.04 Å². The molecule has 0 aromatic heterocycles. The Morgan fingerprint density at radius 3 is 1.83 bits per heavy atom. The van der Waals surface area contributed by atoms with Gasteiger partial charge in [0, 0.05) is 39.3 Å². The van der Waals surface area contributed by atoms with Crippen LogP contribution >= 0.6 is 0 Å². The van der Waals surface area contributed by atoms with Gasteiger partial charge in [-0.2, -0.15) is 0 Å². The number of piperazine rings is 1. The number of nitrogens with zero attached hydrogens (tertiary/aromatic N) is 3. The van der Waals surface area contributed by atoms with E-state index >= 15 is 0 Å². The number of amides is 2. The molecule has 2 aromatic carbocycles. The molecule has 2 fully saturated rings. The molecule has 0 N–H and O–H groups in total. The molecule has 2 amide bonds. The Balaban J connectivity index is 1.43. The summed E-state index contributed by atoms with van der Waals surface area (Å²) in [4.78, 5) is 31.5. The van der Waals surface area contributed by atoms with E-state index < -0.39 is 0 Å². The predicted octanol–water partition coefficient (Wildman–Crippen LogP) is 3.18. The van der Waals surface area contributed by atoms with Gasteiger partial charge in [-0.15, -0.1) is 0 Å². The van der Waals surface area contributed by atoms with Gasteiger partial charge in [-0.25, -0.2) is 0 Å². The summed E-state index contributed by atoms with van der Waals surface area (Å²) in [6.45, 7) is 6.24. The van der Waals surface area contributed by atoms with Crippen molar-refractivity contribution >= 4 is 11.8 Å². The molecule has 2 aliphatic rings. The number of rotatable bonds is 3. The lowest BCUT2D eigenvalue weighted by molar-refractivity contribution is -0.153. The second kappa shape index (κ2) is 9.43. The summed E-state index contributed by atoms with van der Waals surface area (Å²) < 4.78 is 0. The molecule has 5 nitrogen and oxygen atoms in total. The van der Waals surface area contributed by atoms with E-state index in [4.69, 9.17) is 0 Å². The van der Waals surface area contributed by atoms with Crippen molar-refractivity contribution in [1.29, 1.82) is 0 Å². The van der Waals surface area contributed by atoms with Gasteiger partial charge in [-0.05, 0) is 29.9 Å². The van der Waals surface area contributed by atoms with Crippen LogP contribution in [0.5, 0.6) is 0 Å². The number of hydrogen-bond acceptors (Lipinski definition) is 3. The van der Waals surface area contributed by atoms with Crippen molar-refractivity contribution in [3.05, 3.63) is 71.8 Å². The molecule has 0 aliphatic carbocycles. The lowest BCUT2D eigenvalue weighted by atomic mass is 9.96. The molecule has 0 saturated carbocycles. The minimum Gasteiger partial charge on any atom is -0.334 e. The Hall–Kier alpha value is -2.66. The van der Waals surface area contributed by atoms with E-state index in [0.717, 1.165) is 25.9 Å². The number of piperidine rings is 1. The van der Waals surface area contributed by atoms with Crippen LogP contribution in [0, 0.1) is 5.92 Å². The van der Waals surface area contributed by atoms with Crippen LogP contribution < -0.4 is 0 Å². The van der Waals surface area contributed by atoms with Gasteiger partial charge < -0.3 is 9.80 Å². The van der Waals surface area contributed by atoms with Crippen LogP contribution in [0.1, 0.15) is 36.9 Å². The van der Waals surface area contributed by atoms with Gasteiger partial charge in [0.25, 0.3) is 0 Å². The summed E-state index contributed by atoms with van der Waals surface area (Å²) in [5.74, 6) is -0.178. The van der Waals surface area contributed by atoms with Crippen LogP contribution in [0.25, 0.3) is 0 Å². The summed E-state index contributed by atoms with van der Waals surface area (Å²) in [5.41, 5.74) is 2.50. The van der Waals surface area contributed by atoms with Crippen molar-refractivity contribution in [3.63, 3.8) is 0 Å². The van der Waals surface area contributed by atoms with E-state index in [1.165, 1.54) is 11.1 Å². The molecule has 4 rings (SSSR count). The summed E-state index contributed by atoms with van der Waals surface area (Å²) in [7, 11) is 0. The van der Waals surface area contributed by atoms with E-state index in [0.29, 0.717) is 32.1 Å². The van der Waals surface area contributed by atoms with E-state index in [1.54, 1.807) is 9.80 Å². The second-order valence-electron chi connectivity index (χ2n) is 8.55. The van der Waals surface area contributed by atoms with E-state index in [2.05, 4.69) is 60.4 Å². The van der Waals surface area contributed by atoms with Crippen LogP contribution in [0.3, 0.4) is 0 Å². The molecular formula is C25H31N3O2. The molecule has 2 saturated heterocycles. The maximum absolute atomic E-state index is 12.8. The largest absolute Gasteiger partial charge is 0.334 e. The highest BCUT2D eigenvalue weighted by molar-refractivity contribution is 6.34. The molecule has 2 heterocycles.